The fraction of sp³-hybridized carbons (Fsp3) is 0.395. The van der Waals surface area contributed by atoms with E-state index in [2.05, 4.69) is 12.1 Å². The smallest absolute Gasteiger partial charge is 0.496 e. The summed E-state index contributed by atoms with van der Waals surface area (Å²) in [6.07, 6.45) is 0.454. The zero-order chi connectivity index (χ0) is 33.2. The fourth-order valence-corrected chi connectivity index (χ4v) is 5.75. The molecule has 0 bridgehead atoms. The normalized spacial score (nSPS) is 16.8. The molecule has 2 unspecified atom stereocenters. The zero-order valence-electron chi connectivity index (χ0n) is 27.9. The lowest BCUT2D eigenvalue weighted by Gasteiger charge is -2.37. The van der Waals surface area contributed by atoms with Crippen molar-refractivity contribution in [2.75, 3.05) is 40.5 Å². The maximum atomic E-state index is 12.5. The molecule has 0 N–H and O–H groups in total. The first kappa shape index (κ1) is 33.9. The van der Waals surface area contributed by atoms with Gasteiger partial charge in [0, 0.05) is 35.2 Å². The Balaban J connectivity index is 1.27. The van der Waals surface area contributed by atoms with E-state index in [1.54, 1.807) is 19.3 Å². The van der Waals surface area contributed by atoms with Gasteiger partial charge in [0.25, 0.3) is 0 Å². The van der Waals surface area contributed by atoms with E-state index in [-0.39, 0.29) is 18.6 Å². The number of piperidine rings is 1. The lowest BCUT2D eigenvalue weighted by Crippen LogP contribution is -2.45. The van der Waals surface area contributed by atoms with Crippen LogP contribution < -0.4 is 18.9 Å². The van der Waals surface area contributed by atoms with Gasteiger partial charge < -0.3 is 33.3 Å². The molecule has 250 valence electrons. The van der Waals surface area contributed by atoms with Crippen molar-refractivity contribution in [3.63, 3.8) is 0 Å². The average Bonchev–Trinajstić information content (AvgIpc) is 3.06. The van der Waals surface area contributed by atoms with E-state index < -0.39 is 11.8 Å². The van der Waals surface area contributed by atoms with Crippen LogP contribution in [0.25, 0.3) is 10.8 Å². The summed E-state index contributed by atoms with van der Waals surface area (Å²) < 4.78 is 35.4. The molecule has 0 radical (unpaired) electrons. The zero-order valence-corrected chi connectivity index (χ0v) is 27.9. The topological polar surface area (TPSA) is 84.9 Å². The SMILES string of the molecule is COc1cc(COC2CN(OC(=O)OC(C)(C)C)CCC2c2ccc(OCCCOc3ccccc3)cc2)c(OC)c2ccccc12. The maximum Gasteiger partial charge on any atom is 0.528 e. The number of hydroxylamine groups is 2. The lowest BCUT2D eigenvalue weighted by atomic mass is 9.87. The second-order valence-corrected chi connectivity index (χ2v) is 12.4. The number of methoxy groups -OCH3 is 2. The summed E-state index contributed by atoms with van der Waals surface area (Å²) in [7, 11) is 3.32. The van der Waals surface area contributed by atoms with Crippen LogP contribution in [0.2, 0.25) is 0 Å². The van der Waals surface area contributed by atoms with E-state index in [1.807, 2.05) is 93.6 Å². The van der Waals surface area contributed by atoms with Gasteiger partial charge in [-0.1, -0.05) is 54.6 Å². The molecular formula is C38H45NO8. The second-order valence-electron chi connectivity index (χ2n) is 12.4. The molecule has 0 aromatic heterocycles. The second kappa shape index (κ2) is 15.9. The summed E-state index contributed by atoms with van der Waals surface area (Å²) in [5, 5.41) is 3.54. The Bertz CT molecular complexity index is 1590. The Morgan fingerprint density at radius 1 is 0.830 bits per heavy atom. The first-order valence-electron chi connectivity index (χ1n) is 16.0. The van der Waals surface area contributed by atoms with Crippen LogP contribution in [0.1, 0.15) is 50.7 Å². The number of carbonyl (C=O) groups excluding carboxylic acids is 1. The molecule has 1 aliphatic heterocycles. The first-order valence-corrected chi connectivity index (χ1v) is 16.0. The molecule has 0 amide bonds. The van der Waals surface area contributed by atoms with Crippen LogP contribution in [-0.4, -0.2) is 63.4 Å². The molecule has 0 spiro atoms. The summed E-state index contributed by atoms with van der Waals surface area (Å²) in [4.78, 5) is 18.1. The van der Waals surface area contributed by atoms with Gasteiger partial charge in [-0.25, -0.2) is 4.79 Å². The van der Waals surface area contributed by atoms with Crippen LogP contribution in [-0.2, 0) is 20.9 Å². The van der Waals surface area contributed by atoms with Crippen molar-refractivity contribution >= 4 is 16.9 Å². The highest BCUT2D eigenvalue weighted by Crippen LogP contribution is 2.38. The number of carbonyl (C=O) groups is 1. The predicted octanol–water partition coefficient (Wildman–Crippen LogP) is 7.95. The van der Waals surface area contributed by atoms with Crippen molar-refractivity contribution in [3.8, 4) is 23.0 Å². The van der Waals surface area contributed by atoms with Crippen molar-refractivity contribution in [2.45, 2.75) is 57.8 Å². The van der Waals surface area contributed by atoms with Crippen molar-refractivity contribution in [1.82, 2.24) is 5.06 Å². The van der Waals surface area contributed by atoms with Crippen molar-refractivity contribution in [1.29, 1.82) is 0 Å². The Kier molecular flexibility index (Phi) is 11.5. The molecule has 9 heteroatoms. The summed E-state index contributed by atoms with van der Waals surface area (Å²) in [5.41, 5.74) is 1.33. The third kappa shape index (κ3) is 9.30. The largest absolute Gasteiger partial charge is 0.528 e. The van der Waals surface area contributed by atoms with E-state index >= 15 is 0 Å². The lowest BCUT2D eigenvalue weighted by molar-refractivity contribution is -0.179. The van der Waals surface area contributed by atoms with Gasteiger partial charge in [-0.15, -0.1) is 5.06 Å². The van der Waals surface area contributed by atoms with Crippen LogP contribution in [0.5, 0.6) is 23.0 Å². The van der Waals surface area contributed by atoms with Gasteiger partial charge in [0.2, 0.25) is 0 Å². The molecule has 47 heavy (non-hydrogen) atoms. The van der Waals surface area contributed by atoms with Crippen molar-refractivity contribution in [3.05, 3.63) is 96.1 Å². The minimum absolute atomic E-state index is 0.0511. The Morgan fingerprint density at radius 3 is 2.15 bits per heavy atom. The molecule has 1 heterocycles. The third-order valence-corrected chi connectivity index (χ3v) is 7.90. The average molecular weight is 644 g/mol. The van der Waals surface area contributed by atoms with Gasteiger partial charge in [0.05, 0.1) is 46.7 Å². The first-order chi connectivity index (χ1) is 22.7. The molecule has 9 nitrogen and oxygen atoms in total. The number of para-hydroxylation sites is 1. The molecule has 5 rings (SSSR count). The third-order valence-electron chi connectivity index (χ3n) is 7.90. The van der Waals surface area contributed by atoms with E-state index in [9.17, 15) is 4.79 Å². The number of benzene rings is 4. The Morgan fingerprint density at radius 2 is 1.49 bits per heavy atom. The maximum absolute atomic E-state index is 12.5. The van der Waals surface area contributed by atoms with E-state index in [0.717, 1.165) is 51.3 Å². The van der Waals surface area contributed by atoms with Crippen LogP contribution in [0.3, 0.4) is 0 Å². The van der Waals surface area contributed by atoms with Crippen LogP contribution >= 0.6 is 0 Å². The Labute approximate surface area is 277 Å². The van der Waals surface area contributed by atoms with Gasteiger partial charge in [-0.2, -0.15) is 0 Å². The van der Waals surface area contributed by atoms with Crippen molar-refractivity contribution < 1.29 is 38.1 Å². The van der Waals surface area contributed by atoms with Gasteiger partial charge in [0.1, 0.15) is 28.6 Å². The van der Waals surface area contributed by atoms with Gasteiger partial charge in [-0.3, -0.25) is 0 Å². The molecule has 1 saturated heterocycles. The minimum Gasteiger partial charge on any atom is -0.496 e. The highest BCUT2D eigenvalue weighted by Gasteiger charge is 2.34. The number of nitrogens with zero attached hydrogens (tertiary/aromatic N) is 1. The number of ether oxygens (including phenoxy) is 6. The van der Waals surface area contributed by atoms with E-state index in [1.165, 1.54) is 0 Å². The predicted molar refractivity (Wildman–Crippen MR) is 180 cm³/mol. The van der Waals surface area contributed by atoms with E-state index in [0.29, 0.717) is 32.7 Å². The fourth-order valence-electron chi connectivity index (χ4n) is 5.75. The molecule has 0 aliphatic carbocycles. The number of hydrogen-bond acceptors (Lipinski definition) is 9. The number of hydrogen-bond donors (Lipinski definition) is 0. The number of fused-ring (bicyclic) bond motifs is 1. The summed E-state index contributed by atoms with van der Waals surface area (Å²) >= 11 is 0. The van der Waals surface area contributed by atoms with Gasteiger partial charge in [0.15, 0.2) is 0 Å². The Hall–Kier alpha value is -4.47. The molecule has 0 saturated carbocycles. The standard InChI is InChI=1S/C38H45NO8/c1-38(2,3)46-37(40)47-39-21-20-31(27-16-18-30(19-17-27)44-23-11-22-43-29-12-7-6-8-13-29)35(25-39)45-26-28-24-34(41-4)32-14-9-10-15-33(32)36(28)42-5/h6-10,12-19,24,31,35H,11,20-23,25-26H2,1-5H3. The minimum atomic E-state index is -0.730. The summed E-state index contributed by atoms with van der Waals surface area (Å²) in [6, 6.07) is 27.9. The van der Waals surface area contributed by atoms with Crippen molar-refractivity contribution in [2.24, 2.45) is 0 Å². The van der Waals surface area contributed by atoms with Crippen LogP contribution in [0.15, 0.2) is 84.9 Å². The summed E-state index contributed by atoms with van der Waals surface area (Å²) in [6.45, 7) is 7.75. The van der Waals surface area contributed by atoms with Crippen LogP contribution in [0.4, 0.5) is 4.79 Å². The van der Waals surface area contributed by atoms with E-state index in [4.69, 9.17) is 33.3 Å². The highest BCUT2D eigenvalue weighted by molar-refractivity contribution is 5.94. The molecule has 1 fully saturated rings. The van der Waals surface area contributed by atoms with Gasteiger partial charge in [-0.05, 0) is 63.1 Å². The highest BCUT2D eigenvalue weighted by atomic mass is 16.8. The monoisotopic (exact) mass is 643 g/mol. The number of rotatable bonds is 13. The van der Waals surface area contributed by atoms with Crippen LogP contribution in [0, 0.1) is 0 Å². The quantitative estimate of drug-likeness (QED) is 0.106. The molecular weight excluding hydrogens is 598 g/mol. The molecule has 1 aliphatic rings. The molecule has 4 aromatic rings. The summed E-state index contributed by atoms with van der Waals surface area (Å²) in [5.74, 6) is 3.19. The van der Waals surface area contributed by atoms with Gasteiger partial charge >= 0.3 is 6.16 Å². The molecule has 2 atom stereocenters. The molecule has 4 aromatic carbocycles.